The summed E-state index contributed by atoms with van der Waals surface area (Å²) in [6.07, 6.45) is 1.42. The van der Waals surface area contributed by atoms with Gasteiger partial charge in [-0.2, -0.15) is 17.5 Å². The Hall–Kier alpha value is -2.92. The van der Waals surface area contributed by atoms with Crippen molar-refractivity contribution in [2.75, 3.05) is 24.5 Å². The summed E-state index contributed by atoms with van der Waals surface area (Å²) in [6, 6.07) is 7.33. The molecule has 0 radical (unpaired) electrons. The lowest BCUT2D eigenvalue weighted by Crippen LogP contribution is -2.45. The molecule has 0 N–H and O–H groups in total. The summed E-state index contributed by atoms with van der Waals surface area (Å²) in [7, 11) is -2.04. The van der Waals surface area contributed by atoms with Crippen molar-refractivity contribution in [2.24, 2.45) is 7.05 Å². The molecule has 2 atom stereocenters. The van der Waals surface area contributed by atoms with Crippen LogP contribution in [0.25, 0.3) is 0 Å². The lowest BCUT2D eigenvalue weighted by Gasteiger charge is -2.39. The number of halogens is 4. The van der Waals surface area contributed by atoms with Crippen LogP contribution < -0.4 is 4.90 Å². The fourth-order valence-corrected chi connectivity index (χ4v) is 7.56. The smallest absolute Gasteiger partial charge is 0.371 e. The van der Waals surface area contributed by atoms with Gasteiger partial charge in [-0.15, -0.1) is 0 Å². The van der Waals surface area contributed by atoms with Crippen LogP contribution in [-0.2, 0) is 36.1 Å². The molecule has 1 aromatic heterocycles. The van der Waals surface area contributed by atoms with Crippen LogP contribution in [0.5, 0.6) is 0 Å². The number of fused-ring (bicyclic) bond motifs is 1. The monoisotopic (exact) mass is 548 g/mol. The lowest BCUT2D eigenvalue weighted by molar-refractivity contribution is -0.137. The number of imidazole rings is 1. The second kappa shape index (κ2) is 9.08. The van der Waals surface area contributed by atoms with Crippen LogP contribution in [-0.4, -0.2) is 41.9 Å². The van der Waals surface area contributed by atoms with Gasteiger partial charge in [-0.3, -0.25) is 0 Å². The van der Waals surface area contributed by atoms with Crippen molar-refractivity contribution >= 4 is 15.7 Å². The average Bonchev–Trinajstić information content (AvgIpc) is 3.39. The van der Waals surface area contributed by atoms with E-state index in [0.29, 0.717) is 32.5 Å². The topological polar surface area (TPSA) is 58.4 Å². The van der Waals surface area contributed by atoms with E-state index in [4.69, 9.17) is 0 Å². The summed E-state index contributed by atoms with van der Waals surface area (Å²) < 4.78 is 86.0. The van der Waals surface area contributed by atoms with Crippen molar-refractivity contribution in [1.82, 2.24) is 13.9 Å². The Morgan fingerprint density at radius 1 is 1.08 bits per heavy atom. The maximum Gasteiger partial charge on any atom is 0.418 e. The molecule has 3 aromatic rings. The van der Waals surface area contributed by atoms with Gasteiger partial charge >= 0.3 is 6.18 Å². The average molecular weight is 549 g/mol. The Bertz CT molecular complexity index is 1500. The molecule has 0 saturated carbocycles. The van der Waals surface area contributed by atoms with Gasteiger partial charge < -0.3 is 9.47 Å². The molecular weight excluding hydrogens is 520 g/mol. The SMILES string of the molecule is Cn1cnc(S(=O)(=O)N2CCC2c2ccc3c(c2)C(Cc2c(F)ccc(C(F)(F)F)c2N2CCC2)CC3)c1. The number of rotatable bonds is 6. The number of aromatic nitrogens is 2. The fraction of sp³-hybridized carbons (Fsp3) is 0.444. The summed E-state index contributed by atoms with van der Waals surface area (Å²) >= 11 is 0. The van der Waals surface area contributed by atoms with E-state index in [1.165, 1.54) is 16.8 Å². The third-order valence-electron chi connectivity index (χ3n) is 8.14. The Morgan fingerprint density at radius 2 is 1.87 bits per heavy atom. The highest BCUT2D eigenvalue weighted by Gasteiger charge is 2.42. The summed E-state index contributed by atoms with van der Waals surface area (Å²) in [4.78, 5) is 5.64. The number of hydrogen-bond acceptors (Lipinski definition) is 4. The largest absolute Gasteiger partial charge is 0.418 e. The van der Waals surface area contributed by atoms with Gasteiger partial charge in [-0.25, -0.2) is 17.8 Å². The Labute approximate surface area is 218 Å². The molecule has 11 heteroatoms. The van der Waals surface area contributed by atoms with Crippen molar-refractivity contribution in [1.29, 1.82) is 0 Å². The normalized spacial score (nSPS) is 21.8. The molecule has 2 saturated heterocycles. The number of nitrogens with zero attached hydrogens (tertiary/aromatic N) is 4. The van der Waals surface area contributed by atoms with Crippen molar-refractivity contribution in [3.05, 3.63) is 76.5 Å². The van der Waals surface area contributed by atoms with Crippen molar-refractivity contribution < 1.29 is 26.0 Å². The number of hydrogen-bond donors (Lipinski definition) is 0. The van der Waals surface area contributed by atoms with Gasteiger partial charge in [0.1, 0.15) is 5.82 Å². The number of aryl methyl sites for hydroxylation is 2. The zero-order chi connectivity index (χ0) is 26.8. The van der Waals surface area contributed by atoms with Crippen molar-refractivity contribution in [3.8, 4) is 0 Å². The number of alkyl halides is 3. The fourth-order valence-electron chi connectivity index (χ4n) is 5.93. The number of anilines is 1. The minimum absolute atomic E-state index is 0.00211. The van der Waals surface area contributed by atoms with E-state index >= 15 is 4.39 Å². The van der Waals surface area contributed by atoms with E-state index in [2.05, 4.69) is 4.98 Å². The number of sulfonamides is 1. The van der Waals surface area contributed by atoms with Gasteiger partial charge in [-0.1, -0.05) is 18.2 Å². The summed E-state index contributed by atoms with van der Waals surface area (Å²) in [6.45, 7) is 1.35. The highest BCUT2D eigenvalue weighted by atomic mass is 32.2. The van der Waals surface area contributed by atoms with Crippen LogP contribution >= 0.6 is 0 Å². The van der Waals surface area contributed by atoms with Crippen molar-refractivity contribution in [2.45, 2.75) is 55.3 Å². The van der Waals surface area contributed by atoms with Crippen LogP contribution in [0.1, 0.15) is 59.0 Å². The van der Waals surface area contributed by atoms with E-state index in [1.54, 1.807) is 16.5 Å². The van der Waals surface area contributed by atoms with Gasteiger partial charge in [0.2, 0.25) is 0 Å². The first kappa shape index (κ1) is 25.4. The van der Waals surface area contributed by atoms with E-state index in [-0.39, 0.29) is 34.7 Å². The second-order valence-corrected chi connectivity index (χ2v) is 12.3. The quantitative estimate of drug-likeness (QED) is 0.398. The zero-order valence-electron chi connectivity index (χ0n) is 20.9. The zero-order valence-corrected chi connectivity index (χ0v) is 21.7. The first-order valence-corrected chi connectivity index (χ1v) is 14.2. The molecule has 0 spiro atoms. The van der Waals surface area contributed by atoms with E-state index in [1.807, 2.05) is 18.2 Å². The molecule has 1 aliphatic carbocycles. The number of benzene rings is 2. The van der Waals surface area contributed by atoms with E-state index in [9.17, 15) is 21.6 Å². The van der Waals surface area contributed by atoms with E-state index < -0.39 is 27.6 Å². The molecule has 38 heavy (non-hydrogen) atoms. The van der Waals surface area contributed by atoms with Crippen LogP contribution in [0, 0.1) is 5.82 Å². The van der Waals surface area contributed by atoms with Gasteiger partial charge in [0, 0.05) is 38.4 Å². The minimum atomic E-state index is -4.57. The predicted molar refractivity (Wildman–Crippen MR) is 134 cm³/mol. The van der Waals surface area contributed by atoms with E-state index in [0.717, 1.165) is 41.7 Å². The molecule has 202 valence electrons. The second-order valence-electron chi connectivity index (χ2n) is 10.5. The van der Waals surface area contributed by atoms with Crippen LogP contribution in [0.15, 0.2) is 47.9 Å². The van der Waals surface area contributed by atoms with Crippen LogP contribution in [0.4, 0.5) is 23.2 Å². The summed E-state index contributed by atoms with van der Waals surface area (Å²) in [5, 5.41) is 0.00211. The third-order valence-corrected chi connectivity index (χ3v) is 9.93. The highest BCUT2D eigenvalue weighted by molar-refractivity contribution is 7.89. The molecule has 0 bridgehead atoms. The Kier molecular flexibility index (Phi) is 6.06. The molecule has 2 aromatic carbocycles. The molecule has 3 aliphatic rings. The molecule has 6 nitrogen and oxygen atoms in total. The van der Waals surface area contributed by atoms with Crippen LogP contribution in [0.3, 0.4) is 0 Å². The maximum atomic E-state index is 15.1. The lowest BCUT2D eigenvalue weighted by atomic mass is 9.88. The van der Waals surface area contributed by atoms with Gasteiger partial charge in [0.15, 0.2) is 5.03 Å². The molecule has 2 unspecified atom stereocenters. The maximum absolute atomic E-state index is 15.1. The minimum Gasteiger partial charge on any atom is -0.371 e. The molecule has 6 rings (SSSR count). The summed E-state index contributed by atoms with van der Waals surface area (Å²) in [5.74, 6) is -0.764. The Balaban J connectivity index is 1.31. The Morgan fingerprint density at radius 3 is 2.47 bits per heavy atom. The van der Waals surface area contributed by atoms with Gasteiger partial charge in [0.25, 0.3) is 10.0 Å². The van der Waals surface area contributed by atoms with Gasteiger partial charge in [0.05, 0.1) is 23.6 Å². The predicted octanol–water partition coefficient (Wildman–Crippen LogP) is 5.20. The van der Waals surface area contributed by atoms with Crippen LogP contribution in [0.2, 0.25) is 0 Å². The molecule has 2 fully saturated rings. The molecule has 2 aliphatic heterocycles. The first-order valence-electron chi connectivity index (χ1n) is 12.8. The summed E-state index contributed by atoms with van der Waals surface area (Å²) in [5.41, 5.74) is 2.19. The third kappa shape index (κ3) is 4.20. The van der Waals surface area contributed by atoms with Crippen molar-refractivity contribution in [3.63, 3.8) is 0 Å². The first-order chi connectivity index (χ1) is 18.0. The highest BCUT2D eigenvalue weighted by Crippen LogP contribution is 2.46. The molecule has 0 amide bonds. The molecule has 3 heterocycles. The van der Waals surface area contributed by atoms with Gasteiger partial charge in [-0.05, 0) is 66.8 Å². The standard InChI is InChI=1S/C27H28F4N4O2S/c1-33-15-25(32-16-33)38(36,37)35-12-9-24(35)19-6-4-17-3-5-18(20(17)14-19)13-21-23(28)8-7-22(27(29,30)31)26(21)34-10-2-11-34/h4,6-8,14-16,18,24H,2-3,5,9-13H2,1H3. The molecular formula is C27H28F4N4O2S.